The third-order valence-electron chi connectivity index (χ3n) is 2.07. The normalized spacial score (nSPS) is 9.65. The van der Waals surface area contributed by atoms with E-state index in [1.54, 1.807) is 30.4 Å². The molecule has 1 aromatic rings. The minimum Gasteiger partial charge on any atom is -0.345 e. The van der Waals surface area contributed by atoms with Crippen LogP contribution >= 0.6 is 11.8 Å². The van der Waals surface area contributed by atoms with Gasteiger partial charge in [-0.2, -0.15) is 5.26 Å². The molecular formula is C11H14N4OS. The summed E-state index contributed by atoms with van der Waals surface area (Å²) in [5.74, 6) is 0.698. The molecule has 0 spiro atoms. The van der Waals surface area contributed by atoms with Crippen LogP contribution in [0.1, 0.15) is 12.8 Å². The van der Waals surface area contributed by atoms with E-state index in [2.05, 4.69) is 9.97 Å². The van der Waals surface area contributed by atoms with Crippen molar-refractivity contribution < 1.29 is 4.79 Å². The summed E-state index contributed by atoms with van der Waals surface area (Å²) in [6, 6.07) is 3.77. The molecule has 0 radical (unpaired) electrons. The van der Waals surface area contributed by atoms with E-state index in [0.717, 1.165) is 0 Å². The van der Waals surface area contributed by atoms with Crippen molar-refractivity contribution >= 4 is 17.7 Å². The van der Waals surface area contributed by atoms with Crippen molar-refractivity contribution in [2.24, 2.45) is 0 Å². The monoisotopic (exact) mass is 250 g/mol. The molecule has 0 saturated heterocycles. The fraction of sp³-hybridized carbons (Fsp3) is 0.455. The summed E-state index contributed by atoms with van der Waals surface area (Å²) < 4.78 is 0. The topological polar surface area (TPSA) is 69.9 Å². The molecule has 6 heteroatoms. The molecule has 1 amide bonds. The summed E-state index contributed by atoms with van der Waals surface area (Å²) in [5, 5.41) is 9.09. The summed E-state index contributed by atoms with van der Waals surface area (Å²) in [7, 11) is 1.71. The standard InChI is InChI=1S/C11H14N4OS/c1-15(8-2-5-12)10(16)4-9-17-11-13-6-3-7-14-11/h3,6-7H,2,4,8-9H2,1H3. The number of carbonyl (C=O) groups is 1. The Labute approximate surface area is 105 Å². The van der Waals surface area contributed by atoms with Crippen LogP contribution in [0, 0.1) is 11.3 Å². The van der Waals surface area contributed by atoms with Gasteiger partial charge in [-0.3, -0.25) is 4.79 Å². The second-order valence-corrected chi connectivity index (χ2v) is 4.42. The molecule has 90 valence electrons. The number of nitrogens with zero attached hydrogens (tertiary/aromatic N) is 4. The number of aromatic nitrogens is 2. The van der Waals surface area contributed by atoms with E-state index in [9.17, 15) is 4.79 Å². The van der Waals surface area contributed by atoms with Crippen LogP contribution in [0.2, 0.25) is 0 Å². The van der Waals surface area contributed by atoms with Crippen LogP contribution in [0.5, 0.6) is 0 Å². The van der Waals surface area contributed by atoms with Crippen LogP contribution in [-0.4, -0.2) is 40.1 Å². The van der Waals surface area contributed by atoms with E-state index < -0.39 is 0 Å². The van der Waals surface area contributed by atoms with Crippen LogP contribution in [0.25, 0.3) is 0 Å². The van der Waals surface area contributed by atoms with Gasteiger partial charge in [-0.15, -0.1) is 0 Å². The van der Waals surface area contributed by atoms with Crippen molar-refractivity contribution in [2.75, 3.05) is 19.3 Å². The van der Waals surface area contributed by atoms with E-state index in [-0.39, 0.29) is 5.91 Å². The maximum atomic E-state index is 11.6. The molecule has 0 N–H and O–H groups in total. The molecule has 0 bridgehead atoms. The molecule has 1 aromatic heterocycles. The van der Waals surface area contributed by atoms with Gasteiger partial charge >= 0.3 is 0 Å². The first-order valence-electron chi connectivity index (χ1n) is 5.24. The Morgan fingerprint density at radius 3 is 2.88 bits per heavy atom. The van der Waals surface area contributed by atoms with Gasteiger partial charge in [-0.05, 0) is 6.07 Å². The Hall–Kier alpha value is -1.61. The maximum absolute atomic E-state index is 11.6. The highest BCUT2D eigenvalue weighted by molar-refractivity contribution is 7.99. The van der Waals surface area contributed by atoms with Crippen LogP contribution in [0.4, 0.5) is 0 Å². The SMILES string of the molecule is CN(CCC#N)C(=O)CCSc1ncccn1. The summed E-state index contributed by atoms with van der Waals surface area (Å²) >= 11 is 1.46. The molecule has 0 unspecified atom stereocenters. The van der Waals surface area contributed by atoms with Gasteiger partial charge in [0.25, 0.3) is 0 Å². The first-order valence-corrected chi connectivity index (χ1v) is 6.23. The smallest absolute Gasteiger partial charge is 0.223 e. The largest absolute Gasteiger partial charge is 0.345 e. The predicted octanol–water partition coefficient (Wildman–Crippen LogP) is 1.33. The van der Waals surface area contributed by atoms with Gasteiger partial charge < -0.3 is 4.90 Å². The quantitative estimate of drug-likeness (QED) is 0.562. The van der Waals surface area contributed by atoms with Crippen molar-refractivity contribution in [1.82, 2.24) is 14.9 Å². The van der Waals surface area contributed by atoms with Gasteiger partial charge in [0.2, 0.25) is 5.91 Å². The zero-order valence-corrected chi connectivity index (χ0v) is 10.5. The van der Waals surface area contributed by atoms with E-state index >= 15 is 0 Å². The Kier molecular flexibility index (Phi) is 6.04. The second kappa shape index (κ2) is 7.63. The molecule has 0 fully saturated rings. The number of hydrogen-bond acceptors (Lipinski definition) is 5. The minimum atomic E-state index is 0.0451. The zero-order chi connectivity index (χ0) is 12.5. The predicted molar refractivity (Wildman–Crippen MR) is 65.2 cm³/mol. The Morgan fingerprint density at radius 1 is 1.53 bits per heavy atom. The van der Waals surface area contributed by atoms with E-state index in [1.165, 1.54) is 11.8 Å². The van der Waals surface area contributed by atoms with E-state index in [4.69, 9.17) is 5.26 Å². The van der Waals surface area contributed by atoms with Gasteiger partial charge in [0.15, 0.2) is 5.16 Å². The molecule has 0 saturated carbocycles. The van der Waals surface area contributed by atoms with Crippen LogP contribution < -0.4 is 0 Å². The molecule has 1 heterocycles. The number of amides is 1. The fourth-order valence-electron chi connectivity index (χ4n) is 1.12. The molecule has 1 rings (SSSR count). The number of rotatable bonds is 6. The Bertz CT molecular complexity index is 390. The lowest BCUT2D eigenvalue weighted by Gasteiger charge is -2.14. The summed E-state index contributed by atoms with van der Waals surface area (Å²) in [6.07, 6.45) is 4.16. The average molecular weight is 250 g/mol. The second-order valence-electron chi connectivity index (χ2n) is 3.35. The number of nitriles is 1. The van der Waals surface area contributed by atoms with Crippen LogP contribution in [-0.2, 0) is 4.79 Å². The fourth-order valence-corrected chi connectivity index (χ4v) is 1.85. The molecule has 0 aliphatic heterocycles. The first-order chi connectivity index (χ1) is 8.24. The highest BCUT2D eigenvalue weighted by Gasteiger charge is 2.08. The van der Waals surface area contributed by atoms with Gasteiger partial charge in [0.1, 0.15) is 0 Å². The van der Waals surface area contributed by atoms with E-state index in [1.807, 2.05) is 6.07 Å². The molecule has 0 aromatic carbocycles. The molecule has 0 aliphatic carbocycles. The Balaban J connectivity index is 2.23. The minimum absolute atomic E-state index is 0.0451. The van der Waals surface area contributed by atoms with Gasteiger partial charge in [0, 0.05) is 38.2 Å². The number of thioether (sulfide) groups is 1. The molecular weight excluding hydrogens is 236 g/mol. The molecule has 0 aliphatic rings. The third kappa shape index (κ3) is 5.31. The van der Waals surface area contributed by atoms with Crippen molar-refractivity contribution in [3.63, 3.8) is 0 Å². The van der Waals surface area contributed by atoms with Crippen molar-refractivity contribution in [3.05, 3.63) is 18.5 Å². The first kappa shape index (κ1) is 13.5. The molecule has 5 nitrogen and oxygen atoms in total. The highest BCUT2D eigenvalue weighted by Crippen LogP contribution is 2.12. The third-order valence-corrected chi connectivity index (χ3v) is 2.95. The summed E-state index contributed by atoms with van der Waals surface area (Å²) in [6.45, 7) is 0.488. The van der Waals surface area contributed by atoms with Gasteiger partial charge in [-0.25, -0.2) is 9.97 Å². The summed E-state index contributed by atoms with van der Waals surface area (Å²) in [4.78, 5) is 21.3. The van der Waals surface area contributed by atoms with Crippen LogP contribution in [0.3, 0.4) is 0 Å². The Morgan fingerprint density at radius 2 is 2.24 bits per heavy atom. The van der Waals surface area contributed by atoms with Crippen LogP contribution in [0.15, 0.2) is 23.6 Å². The lowest BCUT2D eigenvalue weighted by atomic mass is 10.3. The number of hydrogen-bond donors (Lipinski definition) is 0. The number of carbonyl (C=O) groups excluding carboxylic acids is 1. The molecule has 17 heavy (non-hydrogen) atoms. The van der Waals surface area contributed by atoms with Gasteiger partial charge in [0.05, 0.1) is 12.5 Å². The average Bonchev–Trinajstić information content (AvgIpc) is 2.37. The van der Waals surface area contributed by atoms with Crippen molar-refractivity contribution in [2.45, 2.75) is 18.0 Å². The van der Waals surface area contributed by atoms with E-state index in [0.29, 0.717) is 30.3 Å². The zero-order valence-electron chi connectivity index (χ0n) is 9.67. The van der Waals surface area contributed by atoms with Crippen molar-refractivity contribution in [1.29, 1.82) is 5.26 Å². The highest BCUT2D eigenvalue weighted by atomic mass is 32.2. The lowest BCUT2D eigenvalue weighted by molar-refractivity contribution is -0.129. The maximum Gasteiger partial charge on any atom is 0.223 e. The summed E-state index contributed by atoms with van der Waals surface area (Å²) in [5.41, 5.74) is 0. The molecule has 0 atom stereocenters. The lowest BCUT2D eigenvalue weighted by Crippen LogP contribution is -2.27. The van der Waals surface area contributed by atoms with Crippen molar-refractivity contribution in [3.8, 4) is 6.07 Å². The van der Waals surface area contributed by atoms with Gasteiger partial charge in [-0.1, -0.05) is 11.8 Å².